The van der Waals surface area contributed by atoms with Crippen LogP contribution in [0.2, 0.25) is 0 Å². The van der Waals surface area contributed by atoms with Crippen LogP contribution in [-0.2, 0) is 0 Å². The monoisotopic (exact) mass is 298 g/mol. The zero-order chi connectivity index (χ0) is 16.2. The second kappa shape index (κ2) is 10.2. The van der Waals surface area contributed by atoms with Gasteiger partial charge in [-0.2, -0.15) is 0 Å². The Balaban J connectivity index is 0.000000745. The number of aliphatic imine (C=N–C) groups is 3. The Labute approximate surface area is 131 Å². The molecule has 0 aromatic heterocycles. The molecule has 0 radical (unpaired) electrons. The first-order chi connectivity index (χ1) is 10.7. The minimum absolute atomic E-state index is 0.250. The summed E-state index contributed by atoms with van der Waals surface area (Å²) in [6, 6.07) is 8.13. The zero-order valence-corrected chi connectivity index (χ0v) is 13.0. The van der Waals surface area contributed by atoms with Crippen LogP contribution in [0.15, 0.2) is 57.7 Å². The van der Waals surface area contributed by atoms with Crippen LogP contribution in [0.1, 0.15) is 18.9 Å². The predicted molar refractivity (Wildman–Crippen MR) is 96.0 cm³/mol. The van der Waals surface area contributed by atoms with Crippen LogP contribution in [0, 0.1) is 0 Å². The molecular weight excluding hydrogens is 276 g/mol. The Morgan fingerprint density at radius 3 is 2.59 bits per heavy atom. The van der Waals surface area contributed by atoms with Crippen LogP contribution >= 0.6 is 0 Å². The van der Waals surface area contributed by atoms with E-state index in [1.807, 2.05) is 43.6 Å². The number of hydrogen-bond acceptors (Lipinski definition) is 5. The Morgan fingerprint density at radius 1 is 1.32 bits per heavy atom. The summed E-state index contributed by atoms with van der Waals surface area (Å²) in [5.41, 5.74) is 4.04. The fraction of sp³-hybridized carbons (Fsp3) is 0.235. The molecule has 1 heterocycles. The Hall–Kier alpha value is -2.53. The lowest BCUT2D eigenvalue weighted by molar-refractivity contribution is 0.318. The molecule has 0 saturated heterocycles. The Morgan fingerprint density at radius 2 is 2.00 bits per heavy atom. The molecule has 0 aliphatic carbocycles. The number of rotatable bonds is 4. The second-order valence-corrected chi connectivity index (χ2v) is 4.29. The summed E-state index contributed by atoms with van der Waals surface area (Å²) in [6.45, 7) is 5.30. The number of nitrogens with one attached hydrogen (secondary N) is 1. The fourth-order valence-electron chi connectivity index (χ4n) is 1.72. The molecule has 1 aliphatic rings. The molecule has 2 rings (SSSR count). The number of anilines is 1. The van der Waals surface area contributed by atoms with Crippen LogP contribution in [0.25, 0.3) is 5.70 Å². The van der Waals surface area contributed by atoms with E-state index in [1.54, 1.807) is 19.3 Å². The van der Waals surface area contributed by atoms with Gasteiger partial charge >= 0.3 is 0 Å². The summed E-state index contributed by atoms with van der Waals surface area (Å²) in [6.07, 6.45) is 7.80. The van der Waals surface area contributed by atoms with Crippen molar-refractivity contribution < 1.29 is 5.11 Å². The van der Waals surface area contributed by atoms with E-state index >= 15 is 0 Å². The van der Waals surface area contributed by atoms with Gasteiger partial charge in [-0.15, -0.1) is 0 Å². The highest BCUT2D eigenvalue weighted by Gasteiger charge is 2.06. The maximum Gasteiger partial charge on any atom is 0.0716 e. The van der Waals surface area contributed by atoms with Crippen LogP contribution in [-0.4, -0.2) is 37.4 Å². The van der Waals surface area contributed by atoms with Gasteiger partial charge in [0.05, 0.1) is 5.70 Å². The summed E-state index contributed by atoms with van der Waals surface area (Å²) in [5, 5.41) is 10.7. The highest BCUT2D eigenvalue weighted by molar-refractivity contribution is 6.10. The molecule has 0 atom stereocenters. The van der Waals surface area contributed by atoms with E-state index in [-0.39, 0.29) is 6.61 Å². The van der Waals surface area contributed by atoms with E-state index in [4.69, 9.17) is 5.11 Å². The van der Waals surface area contributed by atoms with Crippen molar-refractivity contribution in [3.63, 3.8) is 0 Å². The van der Waals surface area contributed by atoms with Gasteiger partial charge in [0.25, 0.3) is 0 Å². The highest BCUT2D eigenvalue weighted by atomic mass is 16.2. The molecule has 0 spiro atoms. The zero-order valence-electron chi connectivity index (χ0n) is 13.0. The molecule has 1 aromatic carbocycles. The number of aliphatic hydroxyl groups is 1. The quantitative estimate of drug-likeness (QED) is 0.838. The van der Waals surface area contributed by atoms with Crippen molar-refractivity contribution in [3.05, 3.63) is 48.3 Å². The van der Waals surface area contributed by atoms with Gasteiger partial charge in [0.15, 0.2) is 0 Å². The lowest BCUT2D eigenvalue weighted by Crippen LogP contribution is -2.01. The van der Waals surface area contributed by atoms with Crippen LogP contribution in [0.4, 0.5) is 5.69 Å². The summed E-state index contributed by atoms with van der Waals surface area (Å²) in [5.74, 6) is 0. The van der Waals surface area contributed by atoms with Crippen molar-refractivity contribution in [3.8, 4) is 0 Å². The molecule has 2 N–H and O–H groups in total. The van der Waals surface area contributed by atoms with Crippen molar-refractivity contribution in [2.45, 2.75) is 13.3 Å². The maximum absolute atomic E-state index is 7.57. The van der Waals surface area contributed by atoms with Crippen molar-refractivity contribution in [1.29, 1.82) is 0 Å². The molecule has 0 unspecified atom stereocenters. The van der Waals surface area contributed by atoms with E-state index in [0.717, 1.165) is 29.1 Å². The van der Waals surface area contributed by atoms with Gasteiger partial charge in [-0.25, -0.2) is 0 Å². The standard InChI is InChI=1S/C15H16N4.C2H6O/c1-16-9-10-18-14-7-8-19-15(11-14)12-3-5-13(17-2)6-4-12;1-2-3/h3-6,8-11,17H,1,7H2,2H3;3H,2H2,1H3/b10-9-,18-14?;. The highest BCUT2D eigenvalue weighted by Crippen LogP contribution is 2.20. The molecule has 1 aromatic rings. The number of nitrogens with zero attached hydrogens (tertiary/aromatic N) is 3. The molecule has 5 nitrogen and oxygen atoms in total. The minimum Gasteiger partial charge on any atom is -0.397 e. The Kier molecular flexibility index (Phi) is 8.15. The Bertz CT molecular complexity index is 583. The van der Waals surface area contributed by atoms with Crippen molar-refractivity contribution >= 4 is 30.0 Å². The van der Waals surface area contributed by atoms with Gasteiger partial charge in [-0.1, -0.05) is 12.1 Å². The third kappa shape index (κ3) is 5.85. The number of hydrogen-bond donors (Lipinski definition) is 2. The van der Waals surface area contributed by atoms with E-state index < -0.39 is 0 Å². The molecule has 0 saturated carbocycles. The summed E-state index contributed by atoms with van der Waals surface area (Å²) < 4.78 is 0. The second-order valence-electron chi connectivity index (χ2n) is 4.29. The first kappa shape index (κ1) is 17.5. The van der Waals surface area contributed by atoms with Gasteiger partial charge in [-0.05, 0) is 31.9 Å². The maximum atomic E-state index is 7.57. The smallest absolute Gasteiger partial charge is 0.0716 e. The lowest BCUT2D eigenvalue weighted by atomic mass is 10.1. The summed E-state index contributed by atoms with van der Waals surface area (Å²) >= 11 is 0. The van der Waals surface area contributed by atoms with Gasteiger partial charge in [0.2, 0.25) is 0 Å². The normalized spacial score (nSPS) is 15.2. The van der Waals surface area contributed by atoms with E-state index in [9.17, 15) is 0 Å². The van der Waals surface area contributed by atoms with E-state index in [1.165, 1.54) is 0 Å². The summed E-state index contributed by atoms with van der Waals surface area (Å²) in [4.78, 5) is 12.3. The van der Waals surface area contributed by atoms with E-state index in [2.05, 4.69) is 27.0 Å². The molecule has 0 amide bonds. The predicted octanol–water partition coefficient (Wildman–Crippen LogP) is 3.16. The van der Waals surface area contributed by atoms with Crippen molar-refractivity contribution in [1.82, 2.24) is 0 Å². The molecular formula is C17H22N4O. The van der Waals surface area contributed by atoms with Gasteiger partial charge in [0, 0.05) is 55.7 Å². The molecule has 0 fully saturated rings. The van der Waals surface area contributed by atoms with Gasteiger partial charge in [0.1, 0.15) is 0 Å². The van der Waals surface area contributed by atoms with Gasteiger partial charge < -0.3 is 10.4 Å². The lowest BCUT2D eigenvalue weighted by Gasteiger charge is -2.09. The largest absolute Gasteiger partial charge is 0.397 e. The fourth-order valence-corrected chi connectivity index (χ4v) is 1.72. The molecule has 0 bridgehead atoms. The average molecular weight is 298 g/mol. The van der Waals surface area contributed by atoms with Crippen LogP contribution in [0.5, 0.6) is 0 Å². The first-order valence-corrected chi connectivity index (χ1v) is 7.06. The van der Waals surface area contributed by atoms with Crippen LogP contribution < -0.4 is 5.32 Å². The van der Waals surface area contributed by atoms with Crippen molar-refractivity contribution in [2.24, 2.45) is 15.0 Å². The molecule has 22 heavy (non-hydrogen) atoms. The summed E-state index contributed by atoms with van der Waals surface area (Å²) in [7, 11) is 1.90. The van der Waals surface area contributed by atoms with Crippen LogP contribution in [0.3, 0.4) is 0 Å². The van der Waals surface area contributed by atoms with E-state index in [0.29, 0.717) is 0 Å². The average Bonchev–Trinajstić information content (AvgIpc) is 2.56. The molecule has 1 aliphatic heterocycles. The minimum atomic E-state index is 0.250. The topological polar surface area (TPSA) is 69.3 Å². The first-order valence-electron chi connectivity index (χ1n) is 7.06. The molecule has 116 valence electrons. The SMILES string of the molecule is C=N/C=C\N=C1C=C(c2ccc(NC)cc2)N=CC1.CCO. The third-order valence-corrected chi connectivity index (χ3v) is 2.72. The third-order valence-electron chi connectivity index (χ3n) is 2.72. The number of benzene rings is 1. The van der Waals surface area contributed by atoms with Crippen molar-refractivity contribution in [2.75, 3.05) is 19.0 Å². The number of allylic oxidation sites excluding steroid dienone is 1. The molecule has 5 heteroatoms. The number of aliphatic hydroxyl groups excluding tert-OH is 1. The van der Waals surface area contributed by atoms with Gasteiger partial charge in [-0.3, -0.25) is 15.0 Å².